The van der Waals surface area contributed by atoms with Gasteiger partial charge in [-0.05, 0) is 24.6 Å². The van der Waals surface area contributed by atoms with E-state index in [4.69, 9.17) is 9.15 Å². The van der Waals surface area contributed by atoms with Crippen LogP contribution in [0.25, 0.3) is 0 Å². The van der Waals surface area contributed by atoms with Crippen molar-refractivity contribution >= 4 is 17.9 Å². The van der Waals surface area contributed by atoms with Gasteiger partial charge in [-0.3, -0.25) is 14.8 Å². The first-order valence-corrected chi connectivity index (χ1v) is 7.89. The Morgan fingerprint density at radius 3 is 2.88 bits per heavy atom. The number of imide groups is 1. The van der Waals surface area contributed by atoms with Gasteiger partial charge < -0.3 is 14.5 Å². The van der Waals surface area contributed by atoms with Crippen LogP contribution in [0.15, 0.2) is 35.0 Å². The number of hydrogen-bond donors (Lipinski definition) is 2. The number of nitrogens with zero attached hydrogens (tertiary/aromatic N) is 2. The predicted octanol–water partition coefficient (Wildman–Crippen LogP) is 1.31. The third-order valence-corrected chi connectivity index (χ3v) is 3.14. The number of nitrogens with one attached hydrogen (secondary N) is 2. The van der Waals surface area contributed by atoms with E-state index in [1.807, 2.05) is 6.92 Å². The van der Waals surface area contributed by atoms with Gasteiger partial charge in [0, 0.05) is 18.9 Å². The van der Waals surface area contributed by atoms with Gasteiger partial charge in [0.05, 0.1) is 6.54 Å². The van der Waals surface area contributed by atoms with Crippen LogP contribution in [-0.2, 0) is 16.1 Å². The first kappa shape index (κ1) is 18.2. The zero-order valence-corrected chi connectivity index (χ0v) is 13.9. The van der Waals surface area contributed by atoms with Crippen molar-refractivity contribution in [1.29, 1.82) is 0 Å². The largest absolute Gasteiger partial charge is 0.452 e. The van der Waals surface area contributed by atoms with Crippen molar-refractivity contribution in [2.24, 2.45) is 0 Å². The molecule has 2 rings (SSSR count). The number of aromatic nitrogens is 2. The molecule has 0 aromatic carbocycles. The molecule has 2 heterocycles. The van der Waals surface area contributed by atoms with Crippen molar-refractivity contribution in [3.63, 3.8) is 0 Å². The molecule has 2 N–H and O–H groups in total. The lowest BCUT2D eigenvalue weighted by molar-refractivity contribution is -0.123. The van der Waals surface area contributed by atoms with Gasteiger partial charge in [0.1, 0.15) is 5.76 Å². The lowest BCUT2D eigenvalue weighted by Crippen LogP contribution is -2.41. The van der Waals surface area contributed by atoms with Gasteiger partial charge >= 0.3 is 12.0 Å². The normalized spacial score (nSPS) is 10.3. The highest BCUT2D eigenvalue weighted by atomic mass is 16.5. The number of urea groups is 1. The van der Waals surface area contributed by atoms with Gasteiger partial charge in [0.2, 0.25) is 5.76 Å². The molecule has 0 unspecified atom stereocenters. The smallest absolute Gasteiger partial charge is 0.374 e. The summed E-state index contributed by atoms with van der Waals surface area (Å²) in [5.74, 6) is -1.00. The standard InChI is InChI=1S/C16H20N4O5/c1-2-3-7-17-16(23)19-14(21)11-24-15(22)13-6-5-12(25-13)10-20-9-4-8-18-20/h4-6,8-9H,2-3,7,10-11H2,1H3,(H2,17,19,21,23). The van der Waals surface area contributed by atoms with E-state index in [0.29, 0.717) is 18.8 Å². The Labute approximate surface area is 144 Å². The van der Waals surface area contributed by atoms with Crippen LogP contribution in [0.5, 0.6) is 0 Å². The van der Waals surface area contributed by atoms with Crippen LogP contribution in [0.4, 0.5) is 4.79 Å². The maximum Gasteiger partial charge on any atom is 0.374 e. The minimum Gasteiger partial charge on any atom is -0.452 e. The number of esters is 1. The van der Waals surface area contributed by atoms with E-state index in [9.17, 15) is 14.4 Å². The summed E-state index contributed by atoms with van der Waals surface area (Å²) < 4.78 is 11.8. The van der Waals surface area contributed by atoms with Gasteiger partial charge in [-0.2, -0.15) is 5.10 Å². The monoisotopic (exact) mass is 348 g/mol. The van der Waals surface area contributed by atoms with Crippen molar-refractivity contribution in [2.75, 3.05) is 13.2 Å². The van der Waals surface area contributed by atoms with E-state index in [0.717, 1.165) is 12.8 Å². The van der Waals surface area contributed by atoms with E-state index in [1.54, 1.807) is 29.2 Å². The van der Waals surface area contributed by atoms with E-state index in [1.165, 1.54) is 6.07 Å². The summed E-state index contributed by atoms with van der Waals surface area (Å²) in [4.78, 5) is 34.8. The Hall–Kier alpha value is -3.10. The van der Waals surface area contributed by atoms with Gasteiger partial charge in [0.25, 0.3) is 5.91 Å². The summed E-state index contributed by atoms with van der Waals surface area (Å²) in [6.07, 6.45) is 5.14. The molecule has 134 valence electrons. The number of ether oxygens (including phenoxy) is 1. The molecule has 9 nitrogen and oxygen atoms in total. The topological polar surface area (TPSA) is 115 Å². The van der Waals surface area contributed by atoms with E-state index < -0.39 is 24.5 Å². The summed E-state index contributed by atoms with van der Waals surface area (Å²) >= 11 is 0. The molecule has 0 spiro atoms. The fourth-order valence-corrected chi connectivity index (χ4v) is 1.91. The number of furan rings is 1. The summed E-state index contributed by atoms with van der Waals surface area (Å²) in [6.45, 7) is 2.26. The van der Waals surface area contributed by atoms with Crippen LogP contribution in [-0.4, -0.2) is 40.8 Å². The number of carbonyl (C=O) groups excluding carboxylic acids is 3. The van der Waals surface area contributed by atoms with Gasteiger partial charge in [-0.15, -0.1) is 0 Å². The lowest BCUT2D eigenvalue weighted by Gasteiger charge is -2.06. The van der Waals surface area contributed by atoms with Crippen LogP contribution in [0.2, 0.25) is 0 Å². The molecule has 2 aromatic rings. The van der Waals surface area contributed by atoms with Crippen molar-refractivity contribution < 1.29 is 23.5 Å². The number of carbonyl (C=O) groups is 3. The zero-order valence-electron chi connectivity index (χ0n) is 13.9. The molecule has 0 aliphatic heterocycles. The highest BCUT2D eigenvalue weighted by Gasteiger charge is 2.16. The molecule has 0 radical (unpaired) electrons. The highest BCUT2D eigenvalue weighted by Crippen LogP contribution is 2.10. The maximum atomic E-state index is 11.8. The van der Waals surface area contributed by atoms with E-state index in [2.05, 4.69) is 15.7 Å². The minimum absolute atomic E-state index is 0.0256. The lowest BCUT2D eigenvalue weighted by atomic mass is 10.3. The van der Waals surface area contributed by atoms with E-state index in [-0.39, 0.29) is 5.76 Å². The third kappa shape index (κ3) is 6.13. The summed E-state index contributed by atoms with van der Waals surface area (Å²) in [6, 6.07) is 4.24. The average molecular weight is 348 g/mol. The summed E-state index contributed by atoms with van der Waals surface area (Å²) in [5.41, 5.74) is 0. The zero-order chi connectivity index (χ0) is 18.1. The van der Waals surface area contributed by atoms with Crippen LogP contribution in [0.1, 0.15) is 36.1 Å². The van der Waals surface area contributed by atoms with Crippen LogP contribution in [0, 0.1) is 0 Å². The van der Waals surface area contributed by atoms with Gasteiger partial charge in [-0.1, -0.05) is 13.3 Å². The Kier molecular flexibility index (Phi) is 6.76. The number of unbranched alkanes of at least 4 members (excludes halogenated alkanes) is 1. The highest BCUT2D eigenvalue weighted by molar-refractivity contribution is 5.96. The molecule has 0 saturated heterocycles. The molecule has 25 heavy (non-hydrogen) atoms. The van der Waals surface area contributed by atoms with Crippen LogP contribution in [0.3, 0.4) is 0 Å². The second-order valence-corrected chi connectivity index (χ2v) is 5.20. The Bertz CT molecular complexity index is 708. The molecule has 0 aliphatic rings. The Morgan fingerprint density at radius 1 is 1.32 bits per heavy atom. The number of hydrogen-bond acceptors (Lipinski definition) is 6. The minimum atomic E-state index is -0.784. The second-order valence-electron chi connectivity index (χ2n) is 5.20. The van der Waals surface area contributed by atoms with Crippen molar-refractivity contribution in [1.82, 2.24) is 20.4 Å². The molecule has 0 atom stereocenters. The Balaban J connectivity index is 1.73. The number of rotatable bonds is 8. The molecule has 0 bridgehead atoms. The first-order valence-electron chi connectivity index (χ1n) is 7.89. The molecular formula is C16H20N4O5. The van der Waals surface area contributed by atoms with Crippen molar-refractivity contribution in [3.05, 3.63) is 42.1 Å². The molecule has 2 aromatic heterocycles. The molecule has 0 saturated carbocycles. The molecule has 9 heteroatoms. The van der Waals surface area contributed by atoms with Crippen molar-refractivity contribution in [2.45, 2.75) is 26.3 Å². The third-order valence-electron chi connectivity index (χ3n) is 3.14. The first-order chi connectivity index (χ1) is 12.1. The van der Waals surface area contributed by atoms with Crippen LogP contribution < -0.4 is 10.6 Å². The van der Waals surface area contributed by atoms with Crippen molar-refractivity contribution in [3.8, 4) is 0 Å². The fraction of sp³-hybridized carbons (Fsp3) is 0.375. The fourth-order valence-electron chi connectivity index (χ4n) is 1.91. The molecule has 0 fully saturated rings. The molecule has 3 amide bonds. The quantitative estimate of drug-likeness (QED) is 0.549. The predicted molar refractivity (Wildman–Crippen MR) is 86.8 cm³/mol. The van der Waals surface area contributed by atoms with Gasteiger partial charge in [0.15, 0.2) is 6.61 Å². The maximum absolute atomic E-state index is 11.8. The SMILES string of the molecule is CCCCNC(=O)NC(=O)COC(=O)c1ccc(Cn2cccn2)o1. The Morgan fingerprint density at radius 2 is 2.16 bits per heavy atom. The molecular weight excluding hydrogens is 328 g/mol. The van der Waals surface area contributed by atoms with Crippen LogP contribution >= 0.6 is 0 Å². The number of amides is 3. The molecule has 0 aliphatic carbocycles. The summed E-state index contributed by atoms with van der Waals surface area (Å²) in [5, 5.41) is 8.62. The van der Waals surface area contributed by atoms with E-state index >= 15 is 0 Å². The van der Waals surface area contributed by atoms with Gasteiger partial charge in [-0.25, -0.2) is 9.59 Å². The second kappa shape index (κ2) is 9.26. The summed E-state index contributed by atoms with van der Waals surface area (Å²) in [7, 11) is 0. The average Bonchev–Trinajstić information content (AvgIpc) is 3.25.